The third kappa shape index (κ3) is 3.53. The fraction of sp³-hybridized carbons (Fsp3) is 0.385. The lowest BCUT2D eigenvalue weighted by molar-refractivity contribution is 0.0953. The number of nitrogens with zero attached hydrogens (tertiary/aromatic N) is 3. The molecule has 2 aromatic rings. The zero-order valence-corrected chi connectivity index (χ0v) is 11.5. The quantitative estimate of drug-likeness (QED) is 0.839. The Balaban J connectivity index is 1.93. The van der Waals surface area contributed by atoms with Crippen LogP contribution in [0.15, 0.2) is 16.7 Å². The predicted octanol–water partition coefficient (Wildman–Crippen LogP) is 0.890. The van der Waals surface area contributed by atoms with Gasteiger partial charge in [0.25, 0.3) is 5.91 Å². The molecule has 0 aliphatic carbocycles. The molecule has 2 aromatic heterocycles. The molecule has 2 rings (SSSR count). The first-order valence-electron chi connectivity index (χ1n) is 6.42. The third-order valence-corrected chi connectivity index (χ3v) is 2.73. The lowest BCUT2D eigenvalue weighted by atomic mass is 10.2. The van der Waals surface area contributed by atoms with Crippen LogP contribution in [0, 0.1) is 6.92 Å². The monoisotopic (exact) mass is 275 g/mol. The van der Waals surface area contributed by atoms with Gasteiger partial charge in [-0.3, -0.25) is 4.79 Å². The van der Waals surface area contributed by atoms with Crippen LogP contribution in [-0.4, -0.2) is 27.6 Å². The van der Waals surface area contributed by atoms with Crippen molar-refractivity contribution in [1.29, 1.82) is 0 Å². The van der Waals surface area contributed by atoms with E-state index < -0.39 is 0 Å². The molecule has 0 unspecified atom stereocenters. The van der Waals surface area contributed by atoms with Gasteiger partial charge >= 0.3 is 0 Å². The highest BCUT2D eigenvalue weighted by molar-refractivity contribution is 5.94. The van der Waals surface area contributed by atoms with Crippen molar-refractivity contribution in [3.05, 3.63) is 35.1 Å². The zero-order valence-electron chi connectivity index (χ0n) is 11.5. The summed E-state index contributed by atoms with van der Waals surface area (Å²) >= 11 is 0. The number of hydrogen-bond donors (Lipinski definition) is 2. The van der Waals surface area contributed by atoms with Crippen LogP contribution in [0.4, 0.5) is 5.82 Å². The molecule has 0 radical (unpaired) electrons. The molecule has 1 amide bonds. The minimum Gasteiger partial charge on any atom is -0.384 e. The summed E-state index contributed by atoms with van der Waals surface area (Å²) in [7, 11) is 0. The van der Waals surface area contributed by atoms with Crippen LogP contribution in [0.3, 0.4) is 0 Å². The Bertz CT molecular complexity index is 609. The van der Waals surface area contributed by atoms with E-state index in [2.05, 4.69) is 20.4 Å². The topological polar surface area (TPSA) is 107 Å². The zero-order chi connectivity index (χ0) is 14.5. The number of amides is 1. The van der Waals surface area contributed by atoms with Crippen molar-refractivity contribution in [2.75, 3.05) is 12.3 Å². The van der Waals surface area contributed by atoms with Gasteiger partial charge in [-0.25, -0.2) is 4.98 Å². The van der Waals surface area contributed by atoms with Crippen molar-refractivity contribution in [2.45, 2.75) is 26.7 Å². The molecule has 3 N–H and O–H groups in total. The third-order valence-electron chi connectivity index (χ3n) is 2.73. The number of rotatable bonds is 5. The number of carbonyl (C=O) groups is 1. The molecule has 2 heterocycles. The number of carbonyl (C=O) groups excluding carboxylic acids is 1. The number of hydrogen-bond acceptors (Lipinski definition) is 6. The highest BCUT2D eigenvalue weighted by Crippen LogP contribution is 2.08. The van der Waals surface area contributed by atoms with Crippen LogP contribution in [0.1, 0.15) is 34.7 Å². The second-order valence-corrected chi connectivity index (χ2v) is 4.36. The lowest BCUT2D eigenvalue weighted by Gasteiger charge is -2.06. The fourth-order valence-electron chi connectivity index (χ4n) is 1.76. The number of pyridine rings is 1. The second kappa shape index (κ2) is 6.14. The lowest BCUT2D eigenvalue weighted by Crippen LogP contribution is -2.26. The van der Waals surface area contributed by atoms with E-state index in [1.54, 1.807) is 19.1 Å². The van der Waals surface area contributed by atoms with Crippen molar-refractivity contribution in [2.24, 2.45) is 0 Å². The summed E-state index contributed by atoms with van der Waals surface area (Å²) in [5, 5.41) is 6.55. The highest BCUT2D eigenvalue weighted by Gasteiger charge is 2.09. The molecule has 0 saturated carbocycles. The molecule has 0 fully saturated rings. The molecule has 20 heavy (non-hydrogen) atoms. The average Bonchev–Trinajstić information content (AvgIpc) is 2.83. The van der Waals surface area contributed by atoms with Gasteiger partial charge in [-0.05, 0) is 18.6 Å². The van der Waals surface area contributed by atoms with Crippen LogP contribution in [0.5, 0.6) is 0 Å². The minimum atomic E-state index is -0.186. The molecule has 0 aliphatic heterocycles. The number of aromatic nitrogens is 3. The standard InChI is InChI=1S/C13H17N5O2/c1-3-10-6-9(7-11(14)17-10)13(19)15-5-4-12-16-8(2)20-18-12/h6-7H,3-5H2,1-2H3,(H2,14,17)(H,15,19). The van der Waals surface area contributed by atoms with Crippen LogP contribution in [-0.2, 0) is 12.8 Å². The Hall–Kier alpha value is -2.44. The van der Waals surface area contributed by atoms with Crippen LogP contribution >= 0.6 is 0 Å². The van der Waals surface area contributed by atoms with Gasteiger partial charge in [-0.15, -0.1) is 0 Å². The maximum atomic E-state index is 12.0. The molecule has 0 bridgehead atoms. The second-order valence-electron chi connectivity index (χ2n) is 4.36. The normalized spacial score (nSPS) is 10.5. The van der Waals surface area contributed by atoms with Gasteiger partial charge in [-0.1, -0.05) is 12.1 Å². The molecule has 7 heteroatoms. The number of aryl methyl sites for hydroxylation is 2. The molecule has 106 valence electrons. The van der Waals surface area contributed by atoms with Gasteiger partial charge in [0.2, 0.25) is 5.89 Å². The highest BCUT2D eigenvalue weighted by atomic mass is 16.5. The van der Waals surface area contributed by atoms with Gasteiger partial charge < -0.3 is 15.6 Å². The van der Waals surface area contributed by atoms with Crippen LogP contribution in [0.25, 0.3) is 0 Å². The first-order chi connectivity index (χ1) is 9.58. The summed E-state index contributed by atoms with van der Waals surface area (Å²) < 4.78 is 4.85. The SMILES string of the molecule is CCc1cc(C(=O)NCCc2noc(C)n2)cc(N)n1. The Morgan fingerprint density at radius 1 is 1.40 bits per heavy atom. The summed E-state index contributed by atoms with van der Waals surface area (Å²) in [5.41, 5.74) is 6.98. The minimum absolute atomic E-state index is 0.186. The smallest absolute Gasteiger partial charge is 0.251 e. The first-order valence-corrected chi connectivity index (χ1v) is 6.42. The van der Waals surface area contributed by atoms with Crippen molar-refractivity contribution in [3.8, 4) is 0 Å². The van der Waals surface area contributed by atoms with Crippen LogP contribution < -0.4 is 11.1 Å². The number of nitrogens with one attached hydrogen (secondary N) is 1. The Labute approximate surface area is 116 Å². The Kier molecular flexibility index (Phi) is 4.29. The Morgan fingerprint density at radius 2 is 2.20 bits per heavy atom. The fourth-order valence-corrected chi connectivity index (χ4v) is 1.76. The van der Waals surface area contributed by atoms with Gasteiger partial charge in [0.15, 0.2) is 5.82 Å². The molecular weight excluding hydrogens is 258 g/mol. The summed E-state index contributed by atoms with van der Waals surface area (Å²) in [6, 6.07) is 3.30. The summed E-state index contributed by atoms with van der Waals surface area (Å²) in [6.45, 7) is 4.12. The van der Waals surface area contributed by atoms with Crippen molar-refractivity contribution >= 4 is 11.7 Å². The molecule has 7 nitrogen and oxygen atoms in total. The van der Waals surface area contributed by atoms with E-state index in [1.165, 1.54) is 0 Å². The van der Waals surface area contributed by atoms with E-state index in [9.17, 15) is 4.79 Å². The maximum absolute atomic E-state index is 12.0. The molecule has 0 spiro atoms. The van der Waals surface area contributed by atoms with E-state index in [0.717, 1.165) is 12.1 Å². The largest absolute Gasteiger partial charge is 0.384 e. The van der Waals surface area contributed by atoms with Crippen molar-refractivity contribution in [1.82, 2.24) is 20.4 Å². The first kappa shape index (κ1) is 14.0. The summed E-state index contributed by atoms with van der Waals surface area (Å²) in [5.74, 6) is 1.25. The number of anilines is 1. The predicted molar refractivity (Wildman–Crippen MR) is 73.1 cm³/mol. The van der Waals surface area contributed by atoms with Crippen LogP contribution in [0.2, 0.25) is 0 Å². The van der Waals surface area contributed by atoms with Crippen molar-refractivity contribution < 1.29 is 9.32 Å². The average molecular weight is 275 g/mol. The van der Waals surface area contributed by atoms with Gasteiger partial charge in [0, 0.05) is 31.1 Å². The maximum Gasteiger partial charge on any atom is 0.251 e. The summed E-state index contributed by atoms with van der Waals surface area (Å²) in [6.07, 6.45) is 1.25. The van der Waals surface area contributed by atoms with Gasteiger partial charge in [-0.2, -0.15) is 4.98 Å². The van der Waals surface area contributed by atoms with E-state index in [0.29, 0.717) is 36.1 Å². The van der Waals surface area contributed by atoms with Gasteiger partial charge in [0.05, 0.1) is 0 Å². The van der Waals surface area contributed by atoms with E-state index in [4.69, 9.17) is 10.3 Å². The Morgan fingerprint density at radius 3 is 2.85 bits per heavy atom. The number of nitrogens with two attached hydrogens (primary N) is 1. The van der Waals surface area contributed by atoms with E-state index in [1.807, 2.05) is 6.92 Å². The van der Waals surface area contributed by atoms with Crippen molar-refractivity contribution in [3.63, 3.8) is 0 Å². The number of nitrogen functional groups attached to an aromatic ring is 1. The van der Waals surface area contributed by atoms with Gasteiger partial charge in [0.1, 0.15) is 5.82 Å². The molecule has 0 aliphatic rings. The van der Waals surface area contributed by atoms with E-state index in [-0.39, 0.29) is 5.91 Å². The van der Waals surface area contributed by atoms with E-state index >= 15 is 0 Å². The molecule has 0 aromatic carbocycles. The molecule has 0 atom stereocenters. The molecular formula is C13H17N5O2. The summed E-state index contributed by atoms with van der Waals surface area (Å²) in [4.78, 5) is 20.2. The molecule has 0 saturated heterocycles.